The first-order valence-electron chi connectivity index (χ1n) is 5.46. The van der Waals surface area contributed by atoms with Crippen molar-refractivity contribution in [1.29, 1.82) is 0 Å². The molecule has 14 heavy (non-hydrogen) atoms. The van der Waals surface area contributed by atoms with Crippen LogP contribution < -0.4 is 0 Å². The van der Waals surface area contributed by atoms with E-state index in [0.29, 0.717) is 5.92 Å². The lowest BCUT2D eigenvalue weighted by atomic mass is 10.2. The molecule has 2 nitrogen and oxygen atoms in total. The van der Waals surface area contributed by atoms with E-state index >= 15 is 0 Å². The normalized spacial score (nSPS) is 16.1. The van der Waals surface area contributed by atoms with Crippen LogP contribution in [0.15, 0.2) is 0 Å². The average molecular weight is 195 g/mol. The van der Waals surface area contributed by atoms with Crippen LogP contribution >= 0.6 is 0 Å². The molecule has 0 unspecified atom stereocenters. The Kier molecular flexibility index (Phi) is 2.85. The summed E-state index contributed by atoms with van der Waals surface area (Å²) in [5.74, 6) is 0.194. The fourth-order valence-electron chi connectivity index (χ4n) is 1.76. The first-order valence-corrected chi connectivity index (χ1v) is 5.46. The molecule has 1 aromatic rings. The number of hydrogen-bond acceptors (Lipinski definition) is 1. The third kappa shape index (κ3) is 1.97. The van der Waals surface area contributed by atoms with Crippen LogP contribution in [0.2, 0.25) is 0 Å². The second-order valence-electron chi connectivity index (χ2n) is 4.02. The lowest BCUT2D eigenvalue weighted by molar-refractivity contribution is 0.521. The first kappa shape index (κ1) is 9.69. The van der Waals surface area contributed by atoms with E-state index in [9.17, 15) is 4.39 Å². The maximum absolute atomic E-state index is 13.3. The van der Waals surface area contributed by atoms with E-state index in [1.54, 1.807) is 0 Å². The molecule has 0 spiro atoms. The maximum atomic E-state index is 13.3. The lowest BCUT2D eigenvalue weighted by Crippen LogP contribution is -2.05. The van der Waals surface area contributed by atoms with Crippen LogP contribution in [0.25, 0.3) is 0 Å². The summed E-state index contributed by atoms with van der Waals surface area (Å²) in [6.45, 7) is 3.01. The SMILES string of the molecule is CCCCCn1n[c]c(F)c1C1CC1. The fourth-order valence-corrected chi connectivity index (χ4v) is 1.76. The third-order valence-corrected chi connectivity index (χ3v) is 2.71. The van der Waals surface area contributed by atoms with Gasteiger partial charge in [0.1, 0.15) is 0 Å². The van der Waals surface area contributed by atoms with Crippen LogP contribution in [0.3, 0.4) is 0 Å². The third-order valence-electron chi connectivity index (χ3n) is 2.71. The van der Waals surface area contributed by atoms with Gasteiger partial charge in [-0.2, -0.15) is 5.10 Å². The standard InChI is InChI=1S/C11H16FN2/c1-2-3-4-7-14-11(9-5-6-9)10(12)8-13-14/h9H,2-7H2,1H3. The summed E-state index contributed by atoms with van der Waals surface area (Å²) in [7, 11) is 0. The van der Waals surface area contributed by atoms with Gasteiger partial charge in [0.25, 0.3) is 0 Å². The van der Waals surface area contributed by atoms with Gasteiger partial charge < -0.3 is 0 Å². The Balaban J connectivity index is 2.01. The van der Waals surface area contributed by atoms with E-state index in [0.717, 1.165) is 31.5 Å². The van der Waals surface area contributed by atoms with Crippen LogP contribution in [0.5, 0.6) is 0 Å². The topological polar surface area (TPSA) is 17.8 Å². The predicted octanol–water partition coefficient (Wildman–Crippen LogP) is 2.89. The van der Waals surface area contributed by atoms with E-state index in [1.807, 2.05) is 4.68 Å². The summed E-state index contributed by atoms with van der Waals surface area (Å²) in [5, 5.41) is 3.97. The van der Waals surface area contributed by atoms with Gasteiger partial charge in [0.15, 0.2) is 12.0 Å². The summed E-state index contributed by atoms with van der Waals surface area (Å²) in [6.07, 6.45) is 8.12. The summed E-state index contributed by atoms with van der Waals surface area (Å²) in [5.41, 5.74) is 0.793. The molecule has 1 saturated carbocycles. The lowest BCUT2D eigenvalue weighted by Gasteiger charge is -2.05. The Hall–Kier alpha value is -0.860. The fraction of sp³-hybridized carbons (Fsp3) is 0.727. The Bertz CT molecular complexity index is 302. The summed E-state index contributed by atoms with van der Waals surface area (Å²) in [4.78, 5) is 0. The molecule has 1 aliphatic rings. The highest BCUT2D eigenvalue weighted by Gasteiger charge is 2.30. The van der Waals surface area contributed by atoms with Gasteiger partial charge in [-0.15, -0.1) is 0 Å². The van der Waals surface area contributed by atoms with Gasteiger partial charge in [0.05, 0.1) is 5.69 Å². The minimum Gasteiger partial charge on any atom is -0.266 e. The van der Waals surface area contributed by atoms with Gasteiger partial charge in [0, 0.05) is 12.5 Å². The molecule has 0 amide bonds. The molecule has 0 atom stereocenters. The average Bonchev–Trinajstić information content (AvgIpc) is 2.93. The van der Waals surface area contributed by atoms with E-state index in [1.165, 1.54) is 12.8 Å². The molecule has 2 rings (SSSR count). The van der Waals surface area contributed by atoms with Gasteiger partial charge in [-0.25, -0.2) is 4.39 Å². The number of nitrogens with zero attached hydrogens (tertiary/aromatic N) is 2. The van der Waals surface area contributed by atoms with E-state index in [-0.39, 0.29) is 5.82 Å². The van der Waals surface area contributed by atoms with Crippen LogP contribution in [0.1, 0.15) is 50.6 Å². The highest BCUT2D eigenvalue weighted by molar-refractivity contribution is 5.15. The Morgan fingerprint density at radius 2 is 2.29 bits per heavy atom. The second-order valence-corrected chi connectivity index (χ2v) is 4.02. The van der Waals surface area contributed by atoms with Crippen LogP contribution in [-0.4, -0.2) is 9.78 Å². The zero-order valence-corrected chi connectivity index (χ0v) is 8.59. The zero-order chi connectivity index (χ0) is 9.97. The number of aryl methyl sites for hydroxylation is 1. The molecule has 1 radical (unpaired) electrons. The zero-order valence-electron chi connectivity index (χ0n) is 8.59. The van der Waals surface area contributed by atoms with Crippen molar-refractivity contribution in [2.24, 2.45) is 0 Å². The summed E-state index contributed by atoms with van der Waals surface area (Å²) >= 11 is 0. The quantitative estimate of drug-likeness (QED) is 0.660. The molecule has 0 saturated heterocycles. The molecular weight excluding hydrogens is 179 g/mol. The van der Waals surface area contributed by atoms with Crippen molar-refractivity contribution in [2.75, 3.05) is 0 Å². The first-order chi connectivity index (χ1) is 6.83. The molecule has 1 heterocycles. The Labute approximate surface area is 84.1 Å². The van der Waals surface area contributed by atoms with E-state index < -0.39 is 0 Å². The number of rotatable bonds is 5. The number of unbranched alkanes of at least 4 members (excludes halogenated alkanes) is 2. The molecular formula is C11H16FN2. The highest BCUT2D eigenvalue weighted by Crippen LogP contribution is 2.41. The molecule has 1 aromatic heterocycles. The van der Waals surface area contributed by atoms with Gasteiger partial charge in [0.2, 0.25) is 0 Å². The van der Waals surface area contributed by atoms with Crippen molar-refractivity contribution in [3.8, 4) is 0 Å². The minimum absolute atomic E-state index is 0.232. The van der Waals surface area contributed by atoms with Crippen molar-refractivity contribution in [3.05, 3.63) is 17.7 Å². The predicted molar refractivity (Wildman–Crippen MR) is 52.5 cm³/mol. The second kappa shape index (κ2) is 4.11. The molecule has 0 aliphatic heterocycles. The number of aromatic nitrogens is 2. The molecule has 0 N–H and O–H groups in total. The molecule has 0 aromatic carbocycles. The van der Waals surface area contributed by atoms with Crippen molar-refractivity contribution in [1.82, 2.24) is 9.78 Å². The largest absolute Gasteiger partial charge is 0.266 e. The van der Waals surface area contributed by atoms with Crippen LogP contribution in [0.4, 0.5) is 4.39 Å². The van der Waals surface area contributed by atoms with Crippen LogP contribution in [-0.2, 0) is 6.54 Å². The van der Waals surface area contributed by atoms with Crippen molar-refractivity contribution >= 4 is 0 Å². The molecule has 3 heteroatoms. The van der Waals surface area contributed by atoms with Crippen LogP contribution in [0, 0.1) is 12.0 Å². The van der Waals surface area contributed by atoms with Gasteiger partial charge >= 0.3 is 0 Å². The molecule has 1 aliphatic carbocycles. The Morgan fingerprint density at radius 1 is 1.50 bits per heavy atom. The Morgan fingerprint density at radius 3 is 2.93 bits per heavy atom. The summed E-state index contributed by atoms with van der Waals surface area (Å²) < 4.78 is 15.1. The molecule has 1 fully saturated rings. The summed E-state index contributed by atoms with van der Waals surface area (Å²) in [6, 6.07) is 0. The number of halogens is 1. The maximum Gasteiger partial charge on any atom is 0.174 e. The molecule has 77 valence electrons. The van der Waals surface area contributed by atoms with Crippen molar-refractivity contribution in [2.45, 2.75) is 51.5 Å². The van der Waals surface area contributed by atoms with Gasteiger partial charge in [-0.3, -0.25) is 4.68 Å². The van der Waals surface area contributed by atoms with Crippen molar-refractivity contribution < 1.29 is 4.39 Å². The van der Waals surface area contributed by atoms with Gasteiger partial charge in [-0.1, -0.05) is 19.8 Å². The minimum atomic E-state index is -0.232. The monoisotopic (exact) mass is 195 g/mol. The van der Waals surface area contributed by atoms with E-state index in [2.05, 4.69) is 18.2 Å². The van der Waals surface area contributed by atoms with Gasteiger partial charge in [-0.05, 0) is 19.3 Å². The molecule has 0 bridgehead atoms. The van der Waals surface area contributed by atoms with E-state index in [4.69, 9.17) is 0 Å². The van der Waals surface area contributed by atoms with Crippen molar-refractivity contribution in [3.63, 3.8) is 0 Å². The highest BCUT2D eigenvalue weighted by atomic mass is 19.1. The smallest absolute Gasteiger partial charge is 0.174 e. The number of hydrogen-bond donors (Lipinski definition) is 0.